The van der Waals surface area contributed by atoms with Crippen molar-refractivity contribution in [1.82, 2.24) is 9.55 Å². The second kappa shape index (κ2) is 5.82. The van der Waals surface area contributed by atoms with Crippen molar-refractivity contribution in [3.05, 3.63) is 22.7 Å². The molecule has 0 aliphatic rings. The number of rotatable bonds is 6. The van der Waals surface area contributed by atoms with Crippen molar-refractivity contribution in [1.29, 1.82) is 0 Å². The third-order valence-corrected chi connectivity index (χ3v) is 3.16. The van der Waals surface area contributed by atoms with E-state index in [1.54, 1.807) is 17.0 Å². The van der Waals surface area contributed by atoms with Gasteiger partial charge in [-0.15, -0.1) is 0 Å². The van der Waals surface area contributed by atoms with Crippen LogP contribution < -0.4 is 10.9 Å². The van der Waals surface area contributed by atoms with E-state index in [1.807, 2.05) is 20.8 Å². The second-order valence-electron chi connectivity index (χ2n) is 4.15. The first-order valence-electron chi connectivity index (χ1n) is 6.08. The maximum atomic E-state index is 11.8. The highest BCUT2D eigenvalue weighted by atomic mass is 16.3. The molecule has 0 saturated carbocycles. The van der Waals surface area contributed by atoms with Gasteiger partial charge in [-0.05, 0) is 19.8 Å². The van der Waals surface area contributed by atoms with Crippen LogP contribution in [0.15, 0.2) is 17.2 Å². The summed E-state index contributed by atoms with van der Waals surface area (Å²) in [7, 11) is 0. The van der Waals surface area contributed by atoms with E-state index < -0.39 is 5.60 Å². The summed E-state index contributed by atoms with van der Waals surface area (Å²) in [5, 5.41) is 13.0. The van der Waals surface area contributed by atoms with E-state index in [0.29, 0.717) is 31.7 Å². The SMILES string of the molecule is CCn1ccnc(NCC(O)(CC)CC)c1=O. The molecule has 0 saturated heterocycles. The minimum absolute atomic E-state index is 0.149. The topological polar surface area (TPSA) is 67.2 Å². The lowest BCUT2D eigenvalue weighted by Gasteiger charge is -2.25. The van der Waals surface area contributed by atoms with Crippen LogP contribution in [-0.2, 0) is 6.54 Å². The molecular weight excluding hydrogens is 218 g/mol. The molecule has 0 unspecified atom stereocenters. The Kier molecular flexibility index (Phi) is 4.69. The molecule has 17 heavy (non-hydrogen) atoms. The predicted octanol–water partition coefficient (Wildman–Crippen LogP) is 1.23. The zero-order chi connectivity index (χ0) is 12.9. The van der Waals surface area contributed by atoms with Gasteiger partial charge in [0, 0.05) is 25.5 Å². The largest absolute Gasteiger partial charge is 0.388 e. The van der Waals surface area contributed by atoms with Crippen LogP contribution in [0.1, 0.15) is 33.6 Å². The standard InChI is InChI=1S/C12H21N3O2/c1-4-12(17,5-2)9-14-10-11(16)15(6-3)8-7-13-10/h7-8,17H,4-6,9H2,1-3H3,(H,13,14). The van der Waals surface area contributed by atoms with E-state index in [9.17, 15) is 9.90 Å². The highest BCUT2D eigenvalue weighted by molar-refractivity contribution is 5.31. The van der Waals surface area contributed by atoms with Gasteiger partial charge in [-0.3, -0.25) is 4.79 Å². The van der Waals surface area contributed by atoms with Gasteiger partial charge in [-0.1, -0.05) is 13.8 Å². The van der Waals surface area contributed by atoms with E-state index >= 15 is 0 Å². The Morgan fingerprint density at radius 3 is 2.59 bits per heavy atom. The summed E-state index contributed by atoms with van der Waals surface area (Å²) in [5.41, 5.74) is -0.925. The third kappa shape index (κ3) is 3.30. The molecule has 1 aromatic rings. The normalized spacial score (nSPS) is 11.5. The summed E-state index contributed by atoms with van der Waals surface area (Å²) < 4.78 is 1.58. The van der Waals surface area contributed by atoms with Gasteiger partial charge in [-0.25, -0.2) is 4.98 Å². The van der Waals surface area contributed by atoms with Crippen LogP contribution in [0.25, 0.3) is 0 Å². The lowest BCUT2D eigenvalue weighted by Crippen LogP contribution is -2.37. The molecule has 0 atom stereocenters. The van der Waals surface area contributed by atoms with Crippen molar-refractivity contribution in [2.45, 2.75) is 45.8 Å². The number of hydrogen-bond acceptors (Lipinski definition) is 4. The Morgan fingerprint density at radius 2 is 2.06 bits per heavy atom. The number of nitrogens with one attached hydrogen (secondary N) is 1. The van der Waals surface area contributed by atoms with E-state index in [-0.39, 0.29) is 5.56 Å². The average Bonchev–Trinajstić information content (AvgIpc) is 2.37. The average molecular weight is 239 g/mol. The highest BCUT2D eigenvalue weighted by Gasteiger charge is 2.22. The fraction of sp³-hybridized carbons (Fsp3) is 0.667. The van der Waals surface area contributed by atoms with Crippen molar-refractivity contribution in [2.75, 3.05) is 11.9 Å². The zero-order valence-corrected chi connectivity index (χ0v) is 10.7. The fourth-order valence-electron chi connectivity index (χ4n) is 1.57. The summed E-state index contributed by atoms with van der Waals surface area (Å²) in [6.07, 6.45) is 4.53. The molecular formula is C12H21N3O2. The number of aliphatic hydroxyl groups is 1. The molecule has 0 radical (unpaired) electrons. The molecule has 0 spiro atoms. The molecule has 0 fully saturated rings. The lowest BCUT2D eigenvalue weighted by molar-refractivity contribution is 0.0456. The van der Waals surface area contributed by atoms with Gasteiger partial charge in [0.05, 0.1) is 5.60 Å². The molecule has 0 bridgehead atoms. The van der Waals surface area contributed by atoms with Crippen LogP contribution in [0.2, 0.25) is 0 Å². The molecule has 0 aliphatic heterocycles. The molecule has 0 aliphatic carbocycles. The van der Waals surface area contributed by atoms with Crippen molar-refractivity contribution in [2.24, 2.45) is 0 Å². The monoisotopic (exact) mass is 239 g/mol. The molecule has 0 amide bonds. The van der Waals surface area contributed by atoms with Crippen LogP contribution in [0.3, 0.4) is 0 Å². The molecule has 5 nitrogen and oxygen atoms in total. The van der Waals surface area contributed by atoms with Crippen molar-refractivity contribution < 1.29 is 5.11 Å². The van der Waals surface area contributed by atoms with E-state index in [1.165, 1.54) is 0 Å². The second-order valence-corrected chi connectivity index (χ2v) is 4.15. The van der Waals surface area contributed by atoms with Gasteiger partial charge in [0.2, 0.25) is 0 Å². The van der Waals surface area contributed by atoms with Gasteiger partial charge < -0.3 is 15.0 Å². The summed E-state index contributed by atoms with van der Waals surface area (Å²) in [6.45, 7) is 6.71. The first-order valence-corrected chi connectivity index (χ1v) is 6.08. The Labute approximate surface area is 102 Å². The molecule has 96 valence electrons. The summed E-state index contributed by atoms with van der Waals surface area (Å²) in [4.78, 5) is 15.9. The van der Waals surface area contributed by atoms with Crippen LogP contribution >= 0.6 is 0 Å². The molecule has 1 heterocycles. The van der Waals surface area contributed by atoms with Gasteiger partial charge in [0.15, 0.2) is 5.82 Å². The van der Waals surface area contributed by atoms with Gasteiger partial charge >= 0.3 is 0 Å². The number of hydrogen-bond donors (Lipinski definition) is 2. The third-order valence-electron chi connectivity index (χ3n) is 3.16. The number of anilines is 1. The molecule has 0 aromatic carbocycles. The first-order chi connectivity index (χ1) is 8.06. The molecule has 1 aromatic heterocycles. The number of nitrogens with zero attached hydrogens (tertiary/aromatic N) is 2. The Bertz CT molecular complexity index is 410. The zero-order valence-electron chi connectivity index (χ0n) is 10.7. The van der Waals surface area contributed by atoms with Gasteiger partial charge in [-0.2, -0.15) is 0 Å². The van der Waals surface area contributed by atoms with Gasteiger partial charge in [0.25, 0.3) is 5.56 Å². The number of aromatic nitrogens is 2. The maximum absolute atomic E-state index is 11.8. The minimum atomic E-state index is -0.777. The quantitative estimate of drug-likeness (QED) is 0.783. The Balaban J connectivity index is 2.80. The lowest BCUT2D eigenvalue weighted by atomic mass is 9.98. The van der Waals surface area contributed by atoms with Crippen molar-refractivity contribution in [3.8, 4) is 0 Å². The van der Waals surface area contributed by atoms with Crippen LogP contribution in [0.4, 0.5) is 5.82 Å². The molecule has 1 rings (SSSR count). The van der Waals surface area contributed by atoms with Crippen LogP contribution in [0.5, 0.6) is 0 Å². The van der Waals surface area contributed by atoms with Crippen LogP contribution in [-0.4, -0.2) is 26.8 Å². The predicted molar refractivity (Wildman–Crippen MR) is 68.2 cm³/mol. The van der Waals surface area contributed by atoms with Crippen molar-refractivity contribution >= 4 is 5.82 Å². The summed E-state index contributed by atoms with van der Waals surface area (Å²) >= 11 is 0. The van der Waals surface area contributed by atoms with E-state index in [2.05, 4.69) is 10.3 Å². The smallest absolute Gasteiger partial charge is 0.293 e. The van der Waals surface area contributed by atoms with Gasteiger partial charge in [0.1, 0.15) is 0 Å². The molecule has 5 heteroatoms. The highest BCUT2D eigenvalue weighted by Crippen LogP contribution is 2.14. The first kappa shape index (κ1) is 13.7. The summed E-state index contributed by atoms with van der Waals surface area (Å²) in [6, 6.07) is 0. The minimum Gasteiger partial charge on any atom is -0.388 e. The van der Waals surface area contributed by atoms with E-state index in [0.717, 1.165) is 0 Å². The molecule has 2 N–H and O–H groups in total. The maximum Gasteiger partial charge on any atom is 0.293 e. The fourth-order valence-corrected chi connectivity index (χ4v) is 1.57. The number of aryl methyl sites for hydroxylation is 1. The Hall–Kier alpha value is -1.36. The summed E-state index contributed by atoms with van der Waals surface area (Å²) in [5.74, 6) is 0.301. The van der Waals surface area contributed by atoms with E-state index in [4.69, 9.17) is 0 Å². The van der Waals surface area contributed by atoms with Crippen LogP contribution in [0, 0.1) is 0 Å². The Morgan fingerprint density at radius 1 is 1.41 bits per heavy atom. The van der Waals surface area contributed by atoms with Crippen molar-refractivity contribution in [3.63, 3.8) is 0 Å².